The number of carbonyl (C=O) groups is 1. The van der Waals surface area contributed by atoms with Crippen LogP contribution >= 0.6 is 11.6 Å². The van der Waals surface area contributed by atoms with E-state index < -0.39 is 6.04 Å². The number of para-hydroxylation sites is 1. The lowest BCUT2D eigenvalue weighted by molar-refractivity contribution is -0.121. The lowest BCUT2D eigenvalue weighted by Crippen LogP contribution is -2.34. The number of phenolic OH excluding ortho intramolecular Hbond substituents is 1. The molecule has 0 aliphatic carbocycles. The van der Waals surface area contributed by atoms with E-state index in [2.05, 4.69) is 15.8 Å². The van der Waals surface area contributed by atoms with Gasteiger partial charge in [0.2, 0.25) is 0 Å². The zero-order chi connectivity index (χ0) is 17.5. The number of hydrazone groups is 1. The molecular formula is C17H18ClN3O3. The monoisotopic (exact) mass is 347 g/mol. The average molecular weight is 348 g/mol. The summed E-state index contributed by atoms with van der Waals surface area (Å²) in [5, 5.41) is 17.4. The maximum Gasteiger partial charge on any atom is 0.262 e. The van der Waals surface area contributed by atoms with Crippen molar-refractivity contribution < 1.29 is 14.6 Å². The van der Waals surface area contributed by atoms with E-state index >= 15 is 0 Å². The number of ether oxygens (including phenoxy) is 1. The number of nitrogens with zero attached hydrogens (tertiary/aromatic N) is 1. The molecule has 7 heteroatoms. The van der Waals surface area contributed by atoms with Crippen molar-refractivity contribution in [3.63, 3.8) is 0 Å². The number of rotatable bonds is 6. The predicted molar refractivity (Wildman–Crippen MR) is 94.9 cm³/mol. The van der Waals surface area contributed by atoms with Crippen molar-refractivity contribution in [2.24, 2.45) is 5.10 Å². The highest BCUT2D eigenvalue weighted by Crippen LogP contribution is 2.27. The number of hydrogen-bond acceptors (Lipinski definition) is 5. The van der Waals surface area contributed by atoms with Crippen molar-refractivity contribution >= 4 is 29.4 Å². The van der Waals surface area contributed by atoms with Crippen molar-refractivity contribution in [1.82, 2.24) is 5.43 Å². The summed E-state index contributed by atoms with van der Waals surface area (Å²) in [5.41, 5.74) is 3.63. The predicted octanol–water partition coefficient (Wildman–Crippen LogP) is 3.00. The molecule has 1 atom stereocenters. The molecule has 0 aliphatic rings. The minimum atomic E-state index is -0.498. The Kier molecular flexibility index (Phi) is 6.03. The first-order chi connectivity index (χ1) is 11.5. The van der Waals surface area contributed by atoms with Crippen molar-refractivity contribution in [2.75, 3.05) is 12.4 Å². The third-order valence-electron chi connectivity index (χ3n) is 3.25. The van der Waals surface area contributed by atoms with Gasteiger partial charge in [0.15, 0.2) is 11.5 Å². The molecule has 2 aromatic rings. The van der Waals surface area contributed by atoms with Gasteiger partial charge in [-0.1, -0.05) is 17.7 Å². The topological polar surface area (TPSA) is 83.0 Å². The van der Waals surface area contributed by atoms with Crippen LogP contribution in [-0.2, 0) is 4.79 Å². The fraction of sp³-hybridized carbons (Fsp3) is 0.176. The summed E-state index contributed by atoms with van der Waals surface area (Å²) < 4.78 is 5.01. The highest BCUT2D eigenvalue weighted by molar-refractivity contribution is 6.30. The van der Waals surface area contributed by atoms with E-state index in [4.69, 9.17) is 16.3 Å². The number of hydrogen-bond donors (Lipinski definition) is 3. The number of methoxy groups -OCH3 is 1. The lowest BCUT2D eigenvalue weighted by Gasteiger charge is -2.13. The first-order valence-corrected chi connectivity index (χ1v) is 7.60. The molecule has 126 valence electrons. The second kappa shape index (κ2) is 8.21. The molecule has 0 bridgehead atoms. The molecule has 0 aromatic heterocycles. The standard InChI is InChI=1S/C17H18ClN3O3/c1-11(20-14-8-6-13(18)7-9-14)17(23)21-19-10-12-4-3-5-15(24-2)16(12)22/h3-11,20,22H,1-2H3,(H,21,23)/b19-10-/t11-/m1/s1. The van der Waals surface area contributed by atoms with Crippen molar-refractivity contribution in [1.29, 1.82) is 0 Å². The number of carbonyl (C=O) groups excluding carboxylic acids is 1. The van der Waals surface area contributed by atoms with Crippen LogP contribution in [0.2, 0.25) is 5.02 Å². The summed E-state index contributed by atoms with van der Waals surface area (Å²) in [6, 6.07) is 11.5. The van der Waals surface area contributed by atoms with Gasteiger partial charge in [-0.3, -0.25) is 4.79 Å². The summed E-state index contributed by atoms with van der Waals surface area (Å²) in [5.74, 6) is -0.0167. The van der Waals surface area contributed by atoms with Crippen LogP contribution in [0.4, 0.5) is 5.69 Å². The number of aromatic hydroxyl groups is 1. The van der Waals surface area contributed by atoms with Gasteiger partial charge < -0.3 is 15.2 Å². The molecule has 3 N–H and O–H groups in total. The maximum atomic E-state index is 12.0. The lowest BCUT2D eigenvalue weighted by atomic mass is 10.2. The van der Waals surface area contributed by atoms with Crippen LogP contribution in [-0.4, -0.2) is 30.4 Å². The Balaban J connectivity index is 1.93. The molecule has 2 rings (SSSR count). The third-order valence-corrected chi connectivity index (χ3v) is 3.50. The van der Waals surface area contributed by atoms with Gasteiger partial charge in [-0.2, -0.15) is 5.10 Å². The number of phenols is 1. The fourth-order valence-corrected chi connectivity index (χ4v) is 2.06. The first kappa shape index (κ1) is 17.6. The van der Waals surface area contributed by atoms with Crippen LogP contribution in [0.3, 0.4) is 0 Å². The van der Waals surface area contributed by atoms with E-state index in [1.54, 1.807) is 49.4 Å². The summed E-state index contributed by atoms with van der Waals surface area (Å²) >= 11 is 5.82. The van der Waals surface area contributed by atoms with Crippen molar-refractivity contribution in [3.8, 4) is 11.5 Å². The van der Waals surface area contributed by atoms with Crippen LogP contribution in [0.15, 0.2) is 47.6 Å². The largest absolute Gasteiger partial charge is 0.504 e. The van der Waals surface area contributed by atoms with Gasteiger partial charge in [0.1, 0.15) is 6.04 Å². The molecular weight excluding hydrogens is 330 g/mol. The molecule has 0 unspecified atom stereocenters. The van der Waals surface area contributed by atoms with Gasteiger partial charge in [0, 0.05) is 16.3 Å². The van der Waals surface area contributed by atoms with Gasteiger partial charge in [0.05, 0.1) is 13.3 Å². The second-order valence-corrected chi connectivity index (χ2v) is 5.44. The Labute approximate surface area is 145 Å². The fourth-order valence-electron chi connectivity index (χ4n) is 1.93. The Hall–Kier alpha value is -2.73. The third kappa shape index (κ3) is 4.63. The SMILES string of the molecule is COc1cccc(/C=N\NC(=O)[C@@H](C)Nc2ccc(Cl)cc2)c1O. The number of benzene rings is 2. The smallest absolute Gasteiger partial charge is 0.262 e. The van der Waals surface area contributed by atoms with Crippen LogP contribution in [0.1, 0.15) is 12.5 Å². The Morgan fingerprint density at radius 1 is 1.29 bits per heavy atom. The van der Waals surface area contributed by atoms with Crippen molar-refractivity contribution in [3.05, 3.63) is 53.1 Å². The van der Waals surface area contributed by atoms with Gasteiger partial charge in [-0.15, -0.1) is 0 Å². The van der Waals surface area contributed by atoms with Crippen LogP contribution < -0.4 is 15.5 Å². The quantitative estimate of drug-likeness (QED) is 0.554. The molecule has 6 nitrogen and oxygen atoms in total. The summed E-state index contributed by atoms with van der Waals surface area (Å²) in [6.45, 7) is 1.71. The van der Waals surface area contributed by atoms with Gasteiger partial charge in [0.25, 0.3) is 5.91 Å². The van der Waals surface area contributed by atoms with Crippen LogP contribution in [0.25, 0.3) is 0 Å². The van der Waals surface area contributed by atoms with Gasteiger partial charge in [-0.25, -0.2) is 5.43 Å². The van der Waals surface area contributed by atoms with Crippen LogP contribution in [0, 0.1) is 0 Å². The molecule has 24 heavy (non-hydrogen) atoms. The zero-order valence-electron chi connectivity index (χ0n) is 13.3. The molecule has 1 amide bonds. The molecule has 0 aliphatic heterocycles. The average Bonchev–Trinajstić information content (AvgIpc) is 2.58. The van der Waals surface area contributed by atoms with Gasteiger partial charge >= 0.3 is 0 Å². The van der Waals surface area contributed by atoms with E-state index in [1.807, 2.05) is 0 Å². The van der Waals surface area contributed by atoms with E-state index in [1.165, 1.54) is 13.3 Å². The highest BCUT2D eigenvalue weighted by Gasteiger charge is 2.12. The molecule has 2 aromatic carbocycles. The molecule has 0 radical (unpaired) electrons. The van der Waals surface area contributed by atoms with E-state index in [0.29, 0.717) is 16.3 Å². The summed E-state index contributed by atoms with van der Waals surface area (Å²) in [6.07, 6.45) is 1.35. The van der Waals surface area contributed by atoms with Crippen molar-refractivity contribution in [2.45, 2.75) is 13.0 Å². The number of amides is 1. The number of nitrogens with one attached hydrogen (secondary N) is 2. The van der Waals surface area contributed by atoms with E-state index in [0.717, 1.165) is 5.69 Å². The Morgan fingerprint density at radius 2 is 2.00 bits per heavy atom. The highest BCUT2D eigenvalue weighted by atomic mass is 35.5. The summed E-state index contributed by atoms with van der Waals surface area (Å²) in [7, 11) is 1.46. The van der Waals surface area contributed by atoms with E-state index in [-0.39, 0.29) is 11.7 Å². The zero-order valence-corrected chi connectivity index (χ0v) is 14.0. The molecule has 0 heterocycles. The Bertz CT molecular complexity index is 732. The van der Waals surface area contributed by atoms with Gasteiger partial charge in [-0.05, 0) is 43.3 Å². The maximum absolute atomic E-state index is 12.0. The minimum absolute atomic E-state index is 0.0367. The number of anilines is 1. The molecule has 0 spiro atoms. The second-order valence-electron chi connectivity index (χ2n) is 5.01. The Morgan fingerprint density at radius 3 is 2.67 bits per heavy atom. The first-order valence-electron chi connectivity index (χ1n) is 7.22. The molecule has 0 fully saturated rings. The minimum Gasteiger partial charge on any atom is -0.504 e. The van der Waals surface area contributed by atoms with Crippen LogP contribution in [0.5, 0.6) is 11.5 Å². The normalized spacial score (nSPS) is 12.0. The molecule has 0 saturated carbocycles. The number of halogens is 1. The molecule has 0 saturated heterocycles. The van der Waals surface area contributed by atoms with E-state index in [9.17, 15) is 9.90 Å². The summed E-state index contributed by atoms with van der Waals surface area (Å²) in [4.78, 5) is 12.0.